The molecule has 0 unspecified atom stereocenters. The Hall–Kier alpha value is -2.58. The number of oxime groups is 1. The Balaban J connectivity index is 1.78. The monoisotopic (exact) mass is 362 g/mol. The Bertz CT molecular complexity index is 760. The summed E-state index contributed by atoms with van der Waals surface area (Å²) in [6.07, 6.45) is 3.16. The molecule has 9 heteroatoms. The first-order valence-corrected chi connectivity index (χ1v) is 8.89. The molecule has 1 saturated carbocycles. The van der Waals surface area contributed by atoms with Crippen LogP contribution in [0.4, 0.5) is 0 Å². The lowest BCUT2D eigenvalue weighted by Gasteiger charge is -2.33. The van der Waals surface area contributed by atoms with E-state index in [9.17, 15) is 4.79 Å². The highest BCUT2D eigenvalue weighted by atomic mass is 16.6. The van der Waals surface area contributed by atoms with Crippen molar-refractivity contribution in [3.63, 3.8) is 0 Å². The minimum Gasteiger partial charge on any atom is -0.399 e. The lowest BCUT2D eigenvalue weighted by molar-refractivity contribution is -0.127. The van der Waals surface area contributed by atoms with Crippen molar-refractivity contribution < 1.29 is 14.2 Å². The van der Waals surface area contributed by atoms with Gasteiger partial charge in [-0.05, 0) is 19.8 Å². The van der Waals surface area contributed by atoms with Crippen molar-refractivity contribution in [2.75, 3.05) is 7.05 Å². The van der Waals surface area contributed by atoms with Crippen LogP contribution in [0.1, 0.15) is 70.2 Å². The molecule has 0 saturated heterocycles. The molecule has 0 radical (unpaired) electrons. The van der Waals surface area contributed by atoms with Gasteiger partial charge in [0.15, 0.2) is 11.7 Å². The Morgan fingerprint density at radius 2 is 2.00 bits per heavy atom. The van der Waals surface area contributed by atoms with Crippen LogP contribution in [0.3, 0.4) is 0 Å². The summed E-state index contributed by atoms with van der Waals surface area (Å²) in [6.45, 7) is 5.65. The number of amides is 1. The molecule has 2 aliphatic rings. The third kappa shape index (κ3) is 2.81. The molecule has 0 aromatic carbocycles. The van der Waals surface area contributed by atoms with Gasteiger partial charge in [0, 0.05) is 13.0 Å². The second-order valence-electron chi connectivity index (χ2n) is 7.26. The molecule has 1 aromatic heterocycles. The van der Waals surface area contributed by atoms with E-state index in [-0.39, 0.29) is 23.2 Å². The molecule has 3 rings (SSSR count). The van der Waals surface area contributed by atoms with Gasteiger partial charge in [-0.25, -0.2) is 0 Å². The number of hydrogen-bond donors (Lipinski definition) is 2. The summed E-state index contributed by atoms with van der Waals surface area (Å²) in [4.78, 5) is 24.0. The average Bonchev–Trinajstić information content (AvgIpc) is 3.31. The van der Waals surface area contributed by atoms with Crippen LogP contribution in [-0.4, -0.2) is 39.4 Å². The largest absolute Gasteiger partial charge is 0.399 e. The van der Waals surface area contributed by atoms with E-state index >= 15 is 0 Å². The minimum atomic E-state index is -0.593. The van der Waals surface area contributed by atoms with Crippen molar-refractivity contribution in [3.8, 4) is 0 Å². The van der Waals surface area contributed by atoms with Crippen LogP contribution in [0.25, 0.3) is 0 Å². The van der Waals surface area contributed by atoms with E-state index in [1.165, 1.54) is 0 Å². The predicted molar refractivity (Wildman–Crippen MR) is 94.7 cm³/mol. The number of hydrogen-bond acceptors (Lipinski definition) is 7. The number of likely N-dealkylation sites (N-methyl/N-ethyl adjacent to an activating group) is 1. The standard InChI is InChI=1S/C17H26N6O3/c1-9(2)14-20-15(26-22-14)10(3)25-21-13(19)11-12(18)17(7-5-6-8-17)23(4)16(11)24/h9-10H,5-8,18H2,1-4H3,(H2,19,21)/t10-/m0/s1. The molecule has 9 nitrogen and oxygen atoms in total. The number of nitrogens with zero attached hydrogens (tertiary/aromatic N) is 4. The van der Waals surface area contributed by atoms with Crippen LogP contribution in [0.5, 0.6) is 0 Å². The van der Waals surface area contributed by atoms with Crippen LogP contribution >= 0.6 is 0 Å². The second kappa shape index (κ2) is 6.62. The first-order chi connectivity index (χ1) is 12.3. The molecule has 1 aliphatic heterocycles. The molecule has 26 heavy (non-hydrogen) atoms. The zero-order valence-electron chi connectivity index (χ0n) is 15.7. The zero-order chi connectivity index (χ0) is 19.1. The number of amidine groups is 1. The molecule has 1 spiro atoms. The van der Waals surface area contributed by atoms with Crippen LogP contribution in [-0.2, 0) is 9.63 Å². The van der Waals surface area contributed by atoms with Gasteiger partial charge in [0.1, 0.15) is 5.57 Å². The van der Waals surface area contributed by atoms with Crippen LogP contribution in [0.15, 0.2) is 20.9 Å². The third-order valence-corrected chi connectivity index (χ3v) is 5.25. The van der Waals surface area contributed by atoms with Crippen molar-refractivity contribution in [3.05, 3.63) is 23.0 Å². The first-order valence-electron chi connectivity index (χ1n) is 8.89. The summed E-state index contributed by atoms with van der Waals surface area (Å²) in [5, 5.41) is 7.80. The molecule has 4 N–H and O–H groups in total. The normalized spacial score (nSPS) is 21.3. The maximum absolute atomic E-state index is 12.6. The summed E-state index contributed by atoms with van der Waals surface area (Å²) < 4.78 is 5.17. The SMILES string of the molecule is CC(C)c1noc([C@H](C)O/N=C(\N)C2=C(N)C3(CCCC3)N(C)C2=O)n1. The number of carbonyl (C=O) groups excluding carboxylic acids is 1. The topological polar surface area (TPSA) is 133 Å². The van der Waals surface area contributed by atoms with E-state index in [4.69, 9.17) is 20.8 Å². The lowest BCUT2D eigenvalue weighted by atomic mass is 9.93. The van der Waals surface area contributed by atoms with Gasteiger partial charge in [-0.15, -0.1) is 0 Å². The van der Waals surface area contributed by atoms with Gasteiger partial charge in [-0.1, -0.05) is 37.0 Å². The number of aromatic nitrogens is 2. The van der Waals surface area contributed by atoms with E-state index in [1.54, 1.807) is 18.9 Å². The Morgan fingerprint density at radius 1 is 1.35 bits per heavy atom. The smallest absolute Gasteiger partial charge is 0.270 e. The number of carbonyl (C=O) groups is 1. The summed E-state index contributed by atoms with van der Waals surface area (Å²) >= 11 is 0. The Kier molecular flexibility index (Phi) is 4.64. The van der Waals surface area contributed by atoms with Gasteiger partial charge in [0.05, 0.1) is 11.2 Å². The van der Waals surface area contributed by atoms with E-state index in [1.807, 2.05) is 13.8 Å². The number of nitrogens with two attached hydrogens (primary N) is 2. The van der Waals surface area contributed by atoms with Crippen molar-refractivity contribution in [2.45, 2.75) is 64.0 Å². The third-order valence-electron chi connectivity index (χ3n) is 5.25. The molecule has 1 aliphatic carbocycles. The predicted octanol–water partition coefficient (Wildman–Crippen LogP) is 1.54. The highest BCUT2D eigenvalue weighted by Gasteiger charge is 2.51. The molecule has 2 heterocycles. The molecule has 1 amide bonds. The molecular formula is C17H26N6O3. The van der Waals surface area contributed by atoms with Gasteiger partial charge in [-0.3, -0.25) is 4.79 Å². The fourth-order valence-electron chi connectivity index (χ4n) is 3.58. The highest BCUT2D eigenvalue weighted by molar-refractivity contribution is 6.22. The molecular weight excluding hydrogens is 336 g/mol. The van der Waals surface area contributed by atoms with E-state index in [0.29, 0.717) is 17.4 Å². The Morgan fingerprint density at radius 3 is 2.58 bits per heavy atom. The molecule has 142 valence electrons. The van der Waals surface area contributed by atoms with Gasteiger partial charge < -0.3 is 25.7 Å². The van der Waals surface area contributed by atoms with Crippen molar-refractivity contribution >= 4 is 11.7 Å². The average molecular weight is 362 g/mol. The maximum Gasteiger partial charge on any atom is 0.270 e. The van der Waals surface area contributed by atoms with Crippen LogP contribution < -0.4 is 11.5 Å². The minimum absolute atomic E-state index is 0.0291. The molecule has 1 aromatic rings. The van der Waals surface area contributed by atoms with E-state index in [2.05, 4.69) is 15.3 Å². The van der Waals surface area contributed by atoms with Crippen molar-refractivity contribution in [2.24, 2.45) is 16.6 Å². The van der Waals surface area contributed by atoms with Gasteiger partial charge in [0.2, 0.25) is 6.10 Å². The lowest BCUT2D eigenvalue weighted by Crippen LogP contribution is -2.45. The maximum atomic E-state index is 12.6. The summed E-state index contributed by atoms with van der Waals surface area (Å²) in [7, 11) is 1.76. The second-order valence-corrected chi connectivity index (χ2v) is 7.26. The summed E-state index contributed by atoms with van der Waals surface area (Å²) in [5.41, 5.74) is 12.6. The fourth-order valence-corrected chi connectivity index (χ4v) is 3.58. The molecule has 1 atom stereocenters. The van der Waals surface area contributed by atoms with Crippen LogP contribution in [0, 0.1) is 0 Å². The van der Waals surface area contributed by atoms with E-state index in [0.717, 1.165) is 25.7 Å². The van der Waals surface area contributed by atoms with Gasteiger partial charge in [0.25, 0.3) is 11.8 Å². The zero-order valence-corrected chi connectivity index (χ0v) is 15.7. The Labute approximate surface area is 152 Å². The van der Waals surface area contributed by atoms with Crippen molar-refractivity contribution in [1.29, 1.82) is 0 Å². The first kappa shape index (κ1) is 18.2. The molecule has 1 fully saturated rings. The number of rotatable bonds is 5. The van der Waals surface area contributed by atoms with Crippen LogP contribution in [0.2, 0.25) is 0 Å². The summed E-state index contributed by atoms with van der Waals surface area (Å²) in [5.74, 6) is 0.789. The quantitative estimate of drug-likeness (QED) is 0.461. The van der Waals surface area contributed by atoms with Gasteiger partial charge >= 0.3 is 0 Å². The van der Waals surface area contributed by atoms with Crippen molar-refractivity contribution in [1.82, 2.24) is 15.0 Å². The molecule has 0 bridgehead atoms. The fraction of sp³-hybridized carbons (Fsp3) is 0.647. The highest BCUT2D eigenvalue weighted by Crippen LogP contribution is 2.44. The summed E-state index contributed by atoms with van der Waals surface area (Å²) in [6, 6.07) is 0. The van der Waals surface area contributed by atoms with E-state index < -0.39 is 11.6 Å². The van der Waals surface area contributed by atoms with Gasteiger partial charge in [-0.2, -0.15) is 4.98 Å².